The second kappa shape index (κ2) is 6.41. The van der Waals surface area contributed by atoms with Gasteiger partial charge in [-0.05, 0) is 43.4 Å². The first-order valence-electron chi connectivity index (χ1n) is 7.54. The van der Waals surface area contributed by atoms with Crippen LogP contribution >= 0.6 is 0 Å². The molecule has 3 nitrogen and oxygen atoms in total. The van der Waals surface area contributed by atoms with E-state index < -0.39 is 0 Å². The standard InChI is InChI=1S/C18H19N3/c19-14-16-9-6-11-18(20-16)21-12-5-4-10-17(21)13-15-7-2-1-3-8-15/h1-3,6-9,11,17H,4-5,10,12-13H2. The summed E-state index contributed by atoms with van der Waals surface area (Å²) in [6, 6.07) is 18.9. The SMILES string of the molecule is N#Cc1cccc(N2CCCCC2Cc2ccccc2)n1. The Morgan fingerprint density at radius 1 is 1.10 bits per heavy atom. The van der Waals surface area contributed by atoms with E-state index in [1.54, 1.807) is 6.07 Å². The fraction of sp³-hybridized carbons (Fsp3) is 0.333. The topological polar surface area (TPSA) is 39.9 Å². The van der Waals surface area contributed by atoms with Crippen molar-refractivity contribution in [2.24, 2.45) is 0 Å². The molecular weight excluding hydrogens is 258 g/mol. The van der Waals surface area contributed by atoms with E-state index in [0.29, 0.717) is 11.7 Å². The van der Waals surface area contributed by atoms with Crippen molar-refractivity contribution in [3.8, 4) is 6.07 Å². The molecule has 0 radical (unpaired) electrons. The normalized spacial score (nSPS) is 18.2. The minimum atomic E-state index is 0.475. The Hall–Kier alpha value is -2.34. The van der Waals surface area contributed by atoms with Crippen molar-refractivity contribution in [3.05, 3.63) is 59.8 Å². The van der Waals surface area contributed by atoms with Crippen LogP contribution in [-0.2, 0) is 6.42 Å². The number of benzene rings is 1. The van der Waals surface area contributed by atoms with Crippen molar-refractivity contribution in [2.75, 3.05) is 11.4 Å². The number of piperidine rings is 1. The Bertz CT molecular complexity index is 630. The van der Waals surface area contributed by atoms with Gasteiger partial charge >= 0.3 is 0 Å². The van der Waals surface area contributed by atoms with E-state index in [1.165, 1.54) is 24.8 Å². The molecule has 1 aliphatic heterocycles. The van der Waals surface area contributed by atoms with E-state index in [0.717, 1.165) is 18.8 Å². The lowest BCUT2D eigenvalue weighted by Crippen LogP contribution is -2.41. The van der Waals surface area contributed by atoms with Crippen molar-refractivity contribution in [3.63, 3.8) is 0 Å². The van der Waals surface area contributed by atoms with Gasteiger partial charge in [0, 0.05) is 12.6 Å². The molecule has 0 spiro atoms. The van der Waals surface area contributed by atoms with Crippen LogP contribution in [0.5, 0.6) is 0 Å². The third kappa shape index (κ3) is 3.22. The van der Waals surface area contributed by atoms with E-state index in [1.807, 2.05) is 12.1 Å². The molecule has 0 N–H and O–H groups in total. The third-order valence-electron chi connectivity index (χ3n) is 4.08. The molecular formula is C18H19N3. The second-order valence-corrected chi connectivity index (χ2v) is 5.53. The van der Waals surface area contributed by atoms with Crippen LogP contribution < -0.4 is 4.90 Å². The summed E-state index contributed by atoms with van der Waals surface area (Å²) in [6.07, 6.45) is 4.70. The van der Waals surface area contributed by atoms with Crippen molar-refractivity contribution in [2.45, 2.75) is 31.7 Å². The highest BCUT2D eigenvalue weighted by atomic mass is 15.2. The van der Waals surface area contributed by atoms with Gasteiger partial charge in [-0.25, -0.2) is 4.98 Å². The Kier molecular flexibility index (Phi) is 4.16. The number of nitriles is 1. The molecule has 1 atom stereocenters. The van der Waals surface area contributed by atoms with Gasteiger partial charge in [-0.2, -0.15) is 5.26 Å². The van der Waals surface area contributed by atoms with Gasteiger partial charge in [0.1, 0.15) is 17.6 Å². The summed E-state index contributed by atoms with van der Waals surface area (Å²) < 4.78 is 0. The molecule has 3 heteroatoms. The second-order valence-electron chi connectivity index (χ2n) is 5.53. The predicted octanol–water partition coefficient (Wildman–Crippen LogP) is 3.55. The van der Waals surface area contributed by atoms with Crippen molar-refractivity contribution in [1.29, 1.82) is 5.26 Å². The molecule has 0 saturated carbocycles. The Labute approximate surface area is 125 Å². The predicted molar refractivity (Wildman–Crippen MR) is 84.1 cm³/mol. The van der Waals surface area contributed by atoms with E-state index >= 15 is 0 Å². The van der Waals surface area contributed by atoms with Crippen LogP contribution in [0.3, 0.4) is 0 Å². The molecule has 106 valence electrons. The maximum Gasteiger partial charge on any atom is 0.142 e. The first-order chi connectivity index (χ1) is 10.4. The third-order valence-corrected chi connectivity index (χ3v) is 4.08. The van der Waals surface area contributed by atoms with Crippen LogP contribution in [0.4, 0.5) is 5.82 Å². The lowest BCUT2D eigenvalue weighted by atomic mass is 9.95. The number of aromatic nitrogens is 1. The quantitative estimate of drug-likeness (QED) is 0.861. The summed E-state index contributed by atoms with van der Waals surface area (Å²) >= 11 is 0. The summed E-state index contributed by atoms with van der Waals surface area (Å²) in [7, 11) is 0. The molecule has 1 aromatic carbocycles. The molecule has 1 aromatic heterocycles. The summed E-state index contributed by atoms with van der Waals surface area (Å²) in [5.41, 5.74) is 1.86. The number of hydrogen-bond donors (Lipinski definition) is 0. The molecule has 1 fully saturated rings. The maximum absolute atomic E-state index is 9.03. The average Bonchev–Trinajstić information content (AvgIpc) is 2.56. The molecule has 1 unspecified atom stereocenters. The lowest BCUT2D eigenvalue weighted by molar-refractivity contribution is 0.454. The number of anilines is 1. The van der Waals surface area contributed by atoms with Gasteiger partial charge in [-0.15, -0.1) is 0 Å². The van der Waals surface area contributed by atoms with Gasteiger partial charge in [0.2, 0.25) is 0 Å². The molecule has 3 rings (SSSR count). The van der Waals surface area contributed by atoms with Gasteiger partial charge in [-0.1, -0.05) is 36.4 Å². The number of nitrogens with zero attached hydrogens (tertiary/aromatic N) is 3. The molecule has 21 heavy (non-hydrogen) atoms. The highest BCUT2D eigenvalue weighted by molar-refractivity contribution is 5.43. The van der Waals surface area contributed by atoms with Crippen molar-refractivity contribution < 1.29 is 0 Å². The van der Waals surface area contributed by atoms with Crippen LogP contribution in [-0.4, -0.2) is 17.6 Å². The minimum absolute atomic E-state index is 0.475. The number of hydrogen-bond acceptors (Lipinski definition) is 3. The van der Waals surface area contributed by atoms with Gasteiger partial charge in [-0.3, -0.25) is 0 Å². The first kappa shape index (κ1) is 13.6. The number of pyridine rings is 1. The maximum atomic E-state index is 9.03. The van der Waals surface area contributed by atoms with Gasteiger partial charge in [0.05, 0.1) is 0 Å². The molecule has 1 aliphatic rings. The van der Waals surface area contributed by atoms with E-state index in [-0.39, 0.29) is 0 Å². The van der Waals surface area contributed by atoms with Crippen molar-refractivity contribution in [1.82, 2.24) is 4.98 Å². The zero-order valence-electron chi connectivity index (χ0n) is 12.1. The molecule has 0 amide bonds. The molecule has 2 heterocycles. The zero-order chi connectivity index (χ0) is 14.5. The molecule has 0 bridgehead atoms. The average molecular weight is 277 g/mol. The smallest absolute Gasteiger partial charge is 0.142 e. The molecule has 0 aliphatic carbocycles. The molecule has 2 aromatic rings. The molecule has 1 saturated heterocycles. The fourth-order valence-electron chi connectivity index (χ4n) is 3.05. The van der Waals surface area contributed by atoms with Crippen LogP contribution in [0.25, 0.3) is 0 Å². The van der Waals surface area contributed by atoms with E-state index in [2.05, 4.69) is 46.3 Å². The zero-order valence-corrected chi connectivity index (χ0v) is 12.1. The van der Waals surface area contributed by atoms with Crippen LogP contribution in [0.1, 0.15) is 30.5 Å². The monoisotopic (exact) mass is 277 g/mol. The fourth-order valence-corrected chi connectivity index (χ4v) is 3.05. The van der Waals surface area contributed by atoms with Crippen LogP contribution in [0.15, 0.2) is 48.5 Å². The van der Waals surface area contributed by atoms with Gasteiger partial charge < -0.3 is 4.90 Å². The Morgan fingerprint density at radius 2 is 1.95 bits per heavy atom. The number of rotatable bonds is 3. The van der Waals surface area contributed by atoms with E-state index in [9.17, 15) is 0 Å². The van der Waals surface area contributed by atoms with Gasteiger partial charge in [0.15, 0.2) is 0 Å². The summed E-state index contributed by atoms with van der Waals surface area (Å²) in [4.78, 5) is 6.84. The summed E-state index contributed by atoms with van der Waals surface area (Å²) in [6.45, 7) is 1.03. The highest BCUT2D eigenvalue weighted by Crippen LogP contribution is 2.25. The van der Waals surface area contributed by atoms with E-state index in [4.69, 9.17) is 5.26 Å². The van der Waals surface area contributed by atoms with Crippen LogP contribution in [0.2, 0.25) is 0 Å². The Balaban J connectivity index is 1.82. The van der Waals surface area contributed by atoms with Gasteiger partial charge in [0.25, 0.3) is 0 Å². The Morgan fingerprint density at radius 3 is 2.76 bits per heavy atom. The first-order valence-corrected chi connectivity index (χ1v) is 7.54. The highest BCUT2D eigenvalue weighted by Gasteiger charge is 2.23. The minimum Gasteiger partial charge on any atom is -0.353 e. The summed E-state index contributed by atoms with van der Waals surface area (Å²) in [5.74, 6) is 0.940. The lowest BCUT2D eigenvalue weighted by Gasteiger charge is -2.37. The van der Waals surface area contributed by atoms with Crippen LogP contribution in [0, 0.1) is 11.3 Å². The van der Waals surface area contributed by atoms with Crippen molar-refractivity contribution >= 4 is 5.82 Å². The largest absolute Gasteiger partial charge is 0.353 e. The summed E-state index contributed by atoms with van der Waals surface area (Å²) in [5, 5.41) is 9.03.